The summed E-state index contributed by atoms with van der Waals surface area (Å²) in [6.07, 6.45) is 0. The van der Waals surface area contributed by atoms with Gasteiger partial charge in [0.15, 0.2) is 0 Å². The summed E-state index contributed by atoms with van der Waals surface area (Å²) < 4.78 is 26.7. The van der Waals surface area contributed by atoms with Gasteiger partial charge >= 0.3 is 0 Å². The molecule has 0 saturated carbocycles. The van der Waals surface area contributed by atoms with Crippen LogP contribution >= 0.6 is 0 Å². The number of rotatable bonds is 2. The van der Waals surface area contributed by atoms with E-state index >= 15 is 0 Å². The van der Waals surface area contributed by atoms with Crippen LogP contribution in [-0.4, -0.2) is 31.9 Å². The van der Waals surface area contributed by atoms with E-state index < -0.39 is 10.2 Å². The van der Waals surface area contributed by atoms with Crippen molar-refractivity contribution >= 4 is 10.2 Å². The molecule has 1 unspecified atom stereocenters. The first-order chi connectivity index (χ1) is 5.42. The van der Waals surface area contributed by atoms with Crippen LogP contribution < -0.4 is 4.72 Å². The Bertz CT molecular complexity index is 248. The van der Waals surface area contributed by atoms with Crippen molar-refractivity contribution in [2.75, 3.05) is 13.1 Å². The minimum atomic E-state index is -3.15. The summed E-state index contributed by atoms with van der Waals surface area (Å²) in [6.45, 7) is 7.11. The van der Waals surface area contributed by atoms with E-state index in [1.54, 1.807) is 0 Å². The van der Waals surface area contributed by atoms with Gasteiger partial charge in [-0.25, -0.2) is 0 Å². The molecule has 5 heteroatoms. The summed E-state index contributed by atoms with van der Waals surface area (Å²) in [5.74, 6) is 0.381. The fourth-order valence-corrected chi connectivity index (χ4v) is 3.00. The van der Waals surface area contributed by atoms with Crippen molar-refractivity contribution in [1.82, 2.24) is 9.03 Å². The summed E-state index contributed by atoms with van der Waals surface area (Å²) in [6, 6.07) is 0.0498. The monoisotopic (exact) mass is 192 g/mol. The van der Waals surface area contributed by atoms with Crippen molar-refractivity contribution in [2.45, 2.75) is 26.8 Å². The molecule has 12 heavy (non-hydrogen) atoms. The van der Waals surface area contributed by atoms with Crippen molar-refractivity contribution in [2.24, 2.45) is 5.92 Å². The lowest BCUT2D eigenvalue weighted by molar-refractivity contribution is 0.384. The minimum absolute atomic E-state index is 0.0498. The summed E-state index contributed by atoms with van der Waals surface area (Å²) in [7, 11) is -3.15. The van der Waals surface area contributed by atoms with Gasteiger partial charge in [0.2, 0.25) is 0 Å². The highest BCUT2D eigenvalue weighted by atomic mass is 32.2. The van der Waals surface area contributed by atoms with Gasteiger partial charge in [-0.1, -0.05) is 13.8 Å². The summed E-state index contributed by atoms with van der Waals surface area (Å²) in [5, 5.41) is 0. The van der Waals surface area contributed by atoms with Gasteiger partial charge in [0.05, 0.1) is 0 Å². The predicted octanol–water partition coefficient (Wildman–Crippen LogP) is 0.181. The molecule has 0 radical (unpaired) electrons. The van der Waals surface area contributed by atoms with Crippen LogP contribution in [0.5, 0.6) is 0 Å². The third kappa shape index (κ3) is 2.18. The van der Waals surface area contributed by atoms with E-state index in [4.69, 9.17) is 0 Å². The molecule has 1 saturated heterocycles. The second-order valence-electron chi connectivity index (χ2n) is 3.73. The highest BCUT2D eigenvalue weighted by Gasteiger charge is 2.32. The van der Waals surface area contributed by atoms with E-state index in [1.807, 2.05) is 20.8 Å². The van der Waals surface area contributed by atoms with Gasteiger partial charge in [-0.05, 0) is 12.8 Å². The van der Waals surface area contributed by atoms with Crippen LogP contribution in [0.2, 0.25) is 0 Å². The van der Waals surface area contributed by atoms with Gasteiger partial charge < -0.3 is 0 Å². The summed E-state index contributed by atoms with van der Waals surface area (Å²) in [5.41, 5.74) is 0. The van der Waals surface area contributed by atoms with Crippen molar-refractivity contribution in [3.63, 3.8) is 0 Å². The molecule has 1 heterocycles. The fraction of sp³-hybridized carbons (Fsp3) is 1.00. The maximum absolute atomic E-state index is 11.3. The zero-order valence-electron chi connectivity index (χ0n) is 7.74. The van der Waals surface area contributed by atoms with E-state index in [0.717, 1.165) is 0 Å². The molecule has 1 rings (SSSR count). The maximum Gasteiger partial charge on any atom is 0.279 e. The summed E-state index contributed by atoms with van der Waals surface area (Å²) in [4.78, 5) is 0. The van der Waals surface area contributed by atoms with Crippen molar-refractivity contribution in [3.05, 3.63) is 0 Å². The summed E-state index contributed by atoms with van der Waals surface area (Å²) >= 11 is 0. The normalized spacial score (nSPS) is 29.8. The number of nitrogens with one attached hydrogen (secondary N) is 1. The Morgan fingerprint density at radius 3 is 2.50 bits per heavy atom. The SMILES string of the molecule is CC(C)CN1CC(C)NS1(=O)=O. The van der Waals surface area contributed by atoms with Crippen LogP contribution in [0.15, 0.2) is 0 Å². The number of hydrogen-bond acceptors (Lipinski definition) is 2. The second-order valence-corrected chi connectivity index (χ2v) is 5.44. The maximum atomic E-state index is 11.3. The first kappa shape index (κ1) is 9.95. The van der Waals surface area contributed by atoms with E-state index in [1.165, 1.54) is 4.31 Å². The average molecular weight is 192 g/mol. The van der Waals surface area contributed by atoms with Crippen LogP contribution in [-0.2, 0) is 10.2 Å². The third-order valence-corrected chi connectivity index (χ3v) is 3.41. The van der Waals surface area contributed by atoms with Crippen LogP contribution in [0.25, 0.3) is 0 Å². The Morgan fingerprint density at radius 2 is 2.17 bits per heavy atom. The van der Waals surface area contributed by atoms with Crippen molar-refractivity contribution < 1.29 is 8.42 Å². The van der Waals surface area contributed by atoms with E-state index in [9.17, 15) is 8.42 Å². The smallest absolute Gasteiger partial charge is 0.198 e. The molecule has 0 amide bonds. The molecule has 0 spiro atoms. The molecule has 1 aliphatic heterocycles. The van der Waals surface area contributed by atoms with Crippen LogP contribution in [0.4, 0.5) is 0 Å². The molecule has 4 nitrogen and oxygen atoms in total. The second kappa shape index (κ2) is 3.32. The Labute approximate surface area is 74.1 Å². The lowest BCUT2D eigenvalue weighted by atomic mass is 10.2. The molecule has 1 N–H and O–H groups in total. The standard InChI is InChI=1S/C7H16N2O2S/c1-6(2)4-9-5-7(3)8-12(9,10)11/h6-8H,4-5H2,1-3H3. The van der Waals surface area contributed by atoms with Gasteiger partial charge in [-0.2, -0.15) is 17.4 Å². The fourth-order valence-electron chi connectivity index (χ4n) is 1.35. The molecule has 72 valence electrons. The zero-order chi connectivity index (χ0) is 9.35. The number of nitrogens with zero attached hydrogens (tertiary/aromatic N) is 1. The Hall–Kier alpha value is -0.130. The highest BCUT2D eigenvalue weighted by Crippen LogP contribution is 2.11. The van der Waals surface area contributed by atoms with E-state index in [-0.39, 0.29) is 6.04 Å². The van der Waals surface area contributed by atoms with Crippen molar-refractivity contribution in [1.29, 1.82) is 0 Å². The van der Waals surface area contributed by atoms with Crippen molar-refractivity contribution in [3.8, 4) is 0 Å². The largest absolute Gasteiger partial charge is 0.279 e. The minimum Gasteiger partial charge on any atom is -0.198 e. The Kier molecular flexibility index (Phi) is 2.75. The van der Waals surface area contributed by atoms with E-state index in [0.29, 0.717) is 19.0 Å². The molecule has 1 atom stereocenters. The molecule has 0 aromatic carbocycles. The first-order valence-electron chi connectivity index (χ1n) is 4.19. The highest BCUT2D eigenvalue weighted by molar-refractivity contribution is 7.87. The van der Waals surface area contributed by atoms with Gasteiger partial charge in [0.1, 0.15) is 0 Å². The molecule has 0 aromatic rings. The Morgan fingerprint density at radius 1 is 1.58 bits per heavy atom. The molecule has 0 aliphatic carbocycles. The van der Waals surface area contributed by atoms with Crippen LogP contribution in [0.3, 0.4) is 0 Å². The van der Waals surface area contributed by atoms with Gasteiger partial charge in [0.25, 0.3) is 10.2 Å². The van der Waals surface area contributed by atoms with Gasteiger partial charge in [-0.15, -0.1) is 0 Å². The average Bonchev–Trinajstić information content (AvgIpc) is 2.04. The number of hydrogen-bond donors (Lipinski definition) is 1. The quantitative estimate of drug-likeness (QED) is 0.678. The lowest BCUT2D eigenvalue weighted by Crippen LogP contribution is -2.32. The molecular weight excluding hydrogens is 176 g/mol. The topological polar surface area (TPSA) is 49.4 Å². The van der Waals surface area contributed by atoms with Gasteiger partial charge in [0, 0.05) is 19.1 Å². The van der Waals surface area contributed by atoms with E-state index in [2.05, 4.69) is 4.72 Å². The lowest BCUT2D eigenvalue weighted by Gasteiger charge is -2.15. The molecule has 1 aliphatic rings. The van der Waals surface area contributed by atoms with Crippen LogP contribution in [0, 0.1) is 5.92 Å². The first-order valence-corrected chi connectivity index (χ1v) is 5.63. The van der Waals surface area contributed by atoms with Crippen LogP contribution in [0.1, 0.15) is 20.8 Å². The third-order valence-electron chi connectivity index (χ3n) is 1.74. The molecule has 0 aromatic heterocycles. The molecule has 0 bridgehead atoms. The van der Waals surface area contributed by atoms with Gasteiger partial charge in [-0.3, -0.25) is 0 Å². The molecule has 1 fully saturated rings. The zero-order valence-corrected chi connectivity index (χ0v) is 8.56. The Balaban J connectivity index is 2.66. The predicted molar refractivity (Wildman–Crippen MR) is 47.9 cm³/mol. The molecular formula is C7H16N2O2S.